The van der Waals surface area contributed by atoms with E-state index in [4.69, 9.17) is 5.73 Å². The fourth-order valence-electron chi connectivity index (χ4n) is 7.72. The number of aromatic hydroxyl groups is 1. The van der Waals surface area contributed by atoms with Gasteiger partial charge in [-0.3, -0.25) is 28.8 Å². The number of nitrogens with two attached hydrogens (primary N) is 1. The fraction of sp³-hybridized carbons (Fsp3) is 0.627. The summed E-state index contributed by atoms with van der Waals surface area (Å²) in [5.74, 6) is -6.71. The van der Waals surface area contributed by atoms with Crippen molar-refractivity contribution in [2.45, 2.75) is 192 Å². The highest BCUT2D eigenvalue weighted by atomic mass is 16.4. The Morgan fingerprint density at radius 1 is 0.507 bits per heavy atom. The normalized spacial score (nSPS) is 14.7. The molecular weight excluding hydrogens is 887 g/mol. The number of unbranched alkanes of at least 4 members (excludes halogenated alkanes) is 11. The third-order valence-corrected chi connectivity index (χ3v) is 11.9. The summed E-state index contributed by atoms with van der Waals surface area (Å²) in [4.78, 5) is 94.4. The number of carboxylic acids is 1. The van der Waals surface area contributed by atoms with Crippen LogP contribution in [0.3, 0.4) is 0 Å². The molecule has 69 heavy (non-hydrogen) atoms. The van der Waals surface area contributed by atoms with Gasteiger partial charge in [0.15, 0.2) is 0 Å². The summed E-state index contributed by atoms with van der Waals surface area (Å²) in [5.41, 5.74) is 6.84. The summed E-state index contributed by atoms with van der Waals surface area (Å²) >= 11 is 0. The Balaban J connectivity index is 2.20. The third-order valence-electron chi connectivity index (χ3n) is 11.9. The molecule has 0 radical (unpaired) electrons. The Hall–Kier alpha value is -5.59. The Labute approximate surface area is 408 Å². The minimum absolute atomic E-state index is 0.0318. The number of phenolic OH excluding ortho intramolecular Hbond substituents is 1. The summed E-state index contributed by atoms with van der Waals surface area (Å²) in [6.45, 7) is 8.32. The van der Waals surface area contributed by atoms with Crippen molar-refractivity contribution in [2.24, 2.45) is 11.7 Å². The van der Waals surface area contributed by atoms with Gasteiger partial charge in [0.2, 0.25) is 35.4 Å². The van der Waals surface area contributed by atoms with E-state index in [1.165, 1.54) is 76.6 Å². The number of nitrogens with one attached hydrogen (secondary N) is 6. The average Bonchev–Trinajstić information content (AvgIpc) is 3.30. The molecular formula is C51H81N7O11. The van der Waals surface area contributed by atoms with Crippen molar-refractivity contribution in [2.75, 3.05) is 6.54 Å². The van der Waals surface area contributed by atoms with Gasteiger partial charge in [0.1, 0.15) is 42.0 Å². The number of aliphatic carboxylic acids is 1. The molecule has 0 saturated heterocycles. The summed E-state index contributed by atoms with van der Waals surface area (Å²) < 4.78 is 0. The molecule has 0 aliphatic carbocycles. The molecule has 0 saturated carbocycles. The van der Waals surface area contributed by atoms with Gasteiger partial charge in [-0.25, -0.2) is 4.79 Å². The smallest absolute Gasteiger partial charge is 0.326 e. The maximum Gasteiger partial charge on any atom is 0.326 e. The number of carbonyl (C=O) groups excluding carboxylic acids is 6. The highest BCUT2D eigenvalue weighted by Gasteiger charge is 2.36. The predicted octanol–water partition coefficient (Wildman–Crippen LogP) is 3.42. The first-order chi connectivity index (χ1) is 32.9. The van der Waals surface area contributed by atoms with Gasteiger partial charge >= 0.3 is 5.97 Å². The van der Waals surface area contributed by atoms with Crippen LogP contribution in [0, 0.1) is 5.92 Å². The molecule has 6 amide bonds. The van der Waals surface area contributed by atoms with E-state index in [-0.39, 0.29) is 31.4 Å². The zero-order valence-electron chi connectivity index (χ0n) is 41.3. The minimum Gasteiger partial charge on any atom is -0.508 e. The molecule has 0 spiro atoms. The molecule has 0 bridgehead atoms. The van der Waals surface area contributed by atoms with Gasteiger partial charge in [0.25, 0.3) is 0 Å². The number of carbonyl (C=O) groups is 7. The quantitative estimate of drug-likeness (QED) is 0.0443. The molecule has 0 aliphatic heterocycles. The number of aliphatic hydroxyl groups excluding tert-OH is 2. The Bertz CT molecular complexity index is 1860. The van der Waals surface area contributed by atoms with E-state index in [1.54, 1.807) is 44.2 Å². The van der Waals surface area contributed by atoms with Crippen molar-refractivity contribution >= 4 is 41.4 Å². The minimum atomic E-state index is -1.68. The van der Waals surface area contributed by atoms with Gasteiger partial charge in [-0.15, -0.1) is 0 Å². The Morgan fingerprint density at radius 3 is 1.49 bits per heavy atom. The first-order valence-electron chi connectivity index (χ1n) is 24.8. The molecule has 0 heterocycles. The van der Waals surface area contributed by atoms with Crippen molar-refractivity contribution in [3.05, 3.63) is 65.7 Å². The Morgan fingerprint density at radius 2 is 0.957 bits per heavy atom. The van der Waals surface area contributed by atoms with Crippen LogP contribution in [-0.4, -0.2) is 117 Å². The first-order valence-corrected chi connectivity index (χ1v) is 24.8. The SMILES string of the molecule is CCCCCCCCCCCCCC(=O)N[C@H](C(=O)N[C@H](C(=O)N[C@H](C(=O)N[C@@H](Cc1ccc(O)cc1)C(=O)N[C@@H](CCCCN)C(=O)N[C@@H](Cc1ccccc1)C(=O)O)[C@@H](C)O)C(C)C)[C@@H](C)O. The van der Waals surface area contributed by atoms with Gasteiger partial charge in [-0.2, -0.15) is 0 Å². The molecule has 8 atom stereocenters. The summed E-state index contributed by atoms with van der Waals surface area (Å²) in [6.07, 6.45) is 10.2. The van der Waals surface area contributed by atoms with Crippen LogP contribution in [0.2, 0.25) is 0 Å². The summed E-state index contributed by atoms with van der Waals surface area (Å²) in [7, 11) is 0. The topological polar surface area (TPSA) is 299 Å². The lowest BCUT2D eigenvalue weighted by Gasteiger charge is -2.30. The lowest BCUT2D eigenvalue weighted by Crippen LogP contribution is -2.63. The van der Waals surface area contributed by atoms with Gasteiger partial charge < -0.3 is 58.1 Å². The molecule has 18 nitrogen and oxygen atoms in total. The number of hydrogen-bond acceptors (Lipinski definition) is 11. The average molecular weight is 968 g/mol. The van der Waals surface area contributed by atoms with Crippen LogP contribution in [0.4, 0.5) is 0 Å². The van der Waals surface area contributed by atoms with E-state index in [0.717, 1.165) is 25.7 Å². The fourth-order valence-corrected chi connectivity index (χ4v) is 7.72. The van der Waals surface area contributed by atoms with Crippen molar-refractivity contribution < 1.29 is 54.0 Å². The summed E-state index contributed by atoms with van der Waals surface area (Å²) in [6, 6.07) is 6.04. The van der Waals surface area contributed by atoms with Crippen LogP contribution in [-0.2, 0) is 46.4 Å². The molecule has 2 aromatic rings. The molecule has 0 aliphatic rings. The molecule has 12 N–H and O–H groups in total. The van der Waals surface area contributed by atoms with Gasteiger partial charge in [-0.05, 0) is 75.3 Å². The monoisotopic (exact) mass is 968 g/mol. The first kappa shape index (κ1) is 59.5. The maximum atomic E-state index is 14.1. The van der Waals surface area contributed by atoms with E-state index in [9.17, 15) is 54.0 Å². The second kappa shape index (κ2) is 33.0. The zero-order valence-corrected chi connectivity index (χ0v) is 41.3. The van der Waals surface area contributed by atoms with E-state index in [2.05, 4.69) is 38.8 Å². The van der Waals surface area contributed by atoms with Crippen molar-refractivity contribution in [1.29, 1.82) is 0 Å². The van der Waals surface area contributed by atoms with Crippen LogP contribution < -0.4 is 37.6 Å². The lowest BCUT2D eigenvalue weighted by molar-refractivity contribution is -0.142. The second-order valence-corrected chi connectivity index (χ2v) is 18.4. The lowest BCUT2D eigenvalue weighted by atomic mass is 10.00. The van der Waals surface area contributed by atoms with Crippen LogP contribution >= 0.6 is 0 Å². The molecule has 0 aromatic heterocycles. The van der Waals surface area contributed by atoms with E-state index >= 15 is 0 Å². The second-order valence-electron chi connectivity index (χ2n) is 18.4. The maximum absolute atomic E-state index is 14.1. The van der Waals surface area contributed by atoms with Crippen LogP contribution in [0.25, 0.3) is 0 Å². The molecule has 2 rings (SSSR count). The number of rotatable bonds is 35. The summed E-state index contributed by atoms with van der Waals surface area (Å²) in [5, 5.41) is 56.6. The highest BCUT2D eigenvalue weighted by Crippen LogP contribution is 2.15. The van der Waals surface area contributed by atoms with E-state index in [1.807, 2.05) is 0 Å². The number of hydrogen-bond donors (Lipinski definition) is 11. The molecule has 2 aromatic carbocycles. The molecule has 0 fully saturated rings. The molecule has 18 heteroatoms. The standard InChI is InChI=1S/C51H81N7O11/c1-6-7-8-9-10-11-12-13-14-15-19-25-42(62)56-44(34(4)59)50(67)57-43(33(2)3)48(65)58-45(35(5)60)49(66)54-40(31-37-26-28-38(61)29-27-37)47(64)53-39(24-20-21-30-52)46(63)55-41(51(68)69)32-36-22-17-16-18-23-36/h16-18,22-23,26-29,33-35,39-41,43-45,59-61H,6-15,19-21,24-25,30-32,52H2,1-5H3,(H,53,64)(H,54,66)(H,55,63)(H,56,62)(H,57,67)(H,58,65)(H,68,69)/t34-,35-,39+,40+,41+,43+,44+,45+/m1/s1. The number of phenols is 1. The number of benzene rings is 2. The van der Waals surface area contributed by atoms with Crippen molar-refractivity contribution in [3.8, 4) is 5.75 Å². The highest BCUT2D eigenvalue weighted by molar-refractivity contribution is 5.97. The van der Waals surface area contributed by atoms with E-state index in [0.29, 0.717) is 36.9 Å². The van der Waals surface area contributed by atoms with Crippen LogP contribution in [0.1, 0.15) is 142 Å². The molecule has 386 valence electrons. The zero-order chi connectivity index (χ0) is 51.3. The number of amides is 6. The third kappa shape index (κ3) is 23.5. The van der Waals surface area contributed by atoms with Crippen LogP contribution in [0.5, 0.6) is 5.75 Å². The largest absolute Gasteiger partial charge is 0.508 e. The van der Waals surface area contributed by atoms with Crippen LogP contribution in [0.15, 0.2) is 54.6 Å². The number of carboxylic acid groups (broad SMARTS) is 1. The number of aliphatic hydroxyl groups is 2. The Kier molecular flexibility index (Phi) is 28.5. The van der Waals surface area contributed by atoms with Gasteiger partial charge in [0.05, 0.1) is 12.2 Å². The van der Waals surface area contributed by atoms with Gasteiger partial charge in [-0.1, -0.05) is 127 Å². The van der Waals surface area contributed by atoms with Crippen molar-refractivity contribution in [1.82, 2.24) is 31.9 Å². The molecule has 0 unspecified atom stereocenters. The van der Waals surface area contributed by atoms with E-state index < -0.39 is 95.8 Å². The predicted molar refractivity (Wildman–Crippen MR) is 263 cm³/mol. The van der Waals surface area contributed by atoms with Crippen molar-refractivity contribution in [3.63, 3.8) is 0 Å². The van der Waals surface area contributed by atoms with Gasteiger partial charge in [0, 0.05) is 19.3 Å².